The highest BCUT2D eigenvalue weighted by atomic mass is 79.9. The van der Waals surface area contributed by atoms with Crippen LogP contribution < -0.4 is 0 Å². The second-order valence-electron chi connectivity index (χ2n) is 5.80. The molecule has 2 fully saturated rings. The normalized spacial score (nSPS) is 29.6. The summed E-state index contributed by atoms with van der Waals surface area (Å²) in [7, 11) is 0. The van der Waals surface area contributed by atoms with Gasteiger partial charge >= 0.3 is 5.97 Å². The first-order valence-corrected chi connectivity index (χ1v) is 7.76. The predicted octanol–water partition coefficient (Wildman–Crippen LogP) is 3.27. The summed E-state index contributed by atoms with van der Waals surface area (Å²) in [5.41, 5.74) is 0.569. The Labute approximate surface area is 125 Å². The number of aliphatic carboxylic acids is 1. The van der Waals surface area contributed by atoms with Crippen molar-refractivity contribution < 1.29 is 14.3 Å². The van der Waals surface area contributed by atoms with Crippen LogP contribution in [-0.4, -0.2) is 28.6 Å². The number of carboxylic acid groups (broad SMARTS) is 1. The average Bonchev–Trinajstić information content (AvgIpc) is 2.91. The average molecular weight is 342 g/mol. The van der Waals surface area contributed by atoms with Gasteiger partial charge in [0.1, 0.15) is 11.9 Å². The fraction of sp³-hybridized carbons (Fsp3) is 0.533. The van der Waals surface area contributed by atoms with Crippen molar-refractivity contribution in [2.75, 3.05) is 6.54 Å². The monoisotopic (exact) mass is 341 g/mol. The number of benzene rings is 1. The lowest BCUT2D eigenvalue weighted by Gasteiger charge is -2.24. The summed E-state index contributed by atoms with van der Waals surface area (Å²) in [6, 6.07) is 4.50. The first kappa shape index (κ1) is 14.0. The Kier molecular flexibility index (Phi) is 3.82. The van der Waals surface area contributed by atoms with Gasteiger partial charge in [0, 0.05) is 23.1 Å². The first-order valence-electron chi connectivity index (χ1n) is 6.97. The summed E-state index contributed by atoms with van der Waals surface area (Å²) < 4.78 is 14.6. The molecule has 0 aromatic heterocycles. The van der Waals surface area contributed by atoms with Crippen molar-refractivity contribution in [2.45, 2.75) is 31.8 Å². The first-order chi connectivity index (χ1) is 9.56. The molecular formula is C15H17BrFNO2. The van der Waals surface area contributed by atoms with Gasteiger partial charge < -0.3 is 5.11 Å². The van der Waals surface area contributed by atoms with Gasteiger partial charge in [-0.25, -0.2) is 4.39 Å². The highest BCUT2D eigenvalue weighted by Crippen LogP contribution is 2.42. The van der Waals surface area contributed by atoms with E-state index in [0.717, 1.165) is 25.8 Å². The number of likely N-dealkylation sites (tertiary alicyclic amines) is 1. The number of nitrogens with zero attached hydrogens (tertiary/aromatic N) is 1. The van der Waals surface area contributed by atoms with Gasteiger partial charge in [-0.1, -0.05) is 28.4 Å². The van der Waals surface area contributed by atoms with Gasteiger partial charge in [0.15, 0.2) is 0 Å². The van der Waals surface area contributed by atoms with Crippen molar-refractivity contribution in [1.29, 1.82) is 0 Å². The highest BCUT2D eigenvalue weighted by Gasteiger charge is 2.47. The molecule has 1 heterocycles. The Morgan fingerprint density at radius 3 is 2.95 bits per heavy atom. The summed E-state index contributed by atoms with van der Waals surface area (Å²) in [6.45, 7) is 1.15. The van der Waals surface area contributed by atoms with Crippen molar-refractivity contribution in [3.63, 3.8) is 0 Å². The number of hydrogen-bond donors (Lipinski definition) is 1. The van der Waals surface area contributed by atoms with Gasteiger partial charge in [-0.15, -0.1) is 0 Å². The second-order valence-corrected chi connectivity index (χ2v) is 6.72. The van der Waals surface area contributed by atoms with E-state index in [-0.39, 0.29) is 11.7 Å². The number of fused-ring (bicyclic) bond motifs is 1. The van der Waals surface area contributed by atoms with E-state index >= 15 is 0 Å². The number of carboxylic acids is 1. The van der Waals surface area contributed by atoms with Crippen LogP contribution >= 0.6 is 15.9 Å². The predicted molar refractivity (Wildman–Crippen MR) is 76.8 cm³/mol. The van der Waals surface area contributed by atoms with Crippen LogP contribution in [-0.2, 0) is 11.3 Å². The smallest absolute Gasteiger partial charge is 0.321 e. The maximum Gasteiger partial charge on any atom is 0.321 e. The molecule has 20 heavy (non-hydrogen) atoms. The summed E-state index contributed by atoms with van der Waals surface area (Å²) in [4.78, 5) is 13.5. The third kappa shape index (κ3) is 2.49. The molecule has 1 saturated carbocycles. The lowest BCUT2D eigenvalue weighted by atomic mass is 9.94. The Hall–Kier alpha value is -0.940. The lowest BCUT2D eigenvalue weighted by molar-refractivity contribution is -0.143. The van der Waals surface area contributed by atoms with Crippen LogP contribution in [0.4, 0.5) is 4.39 Å². The molecule has 0 amide bonds. The zero-order valence-corrected chi connectivity index (χ0v) is 12.6. The molecule has 3 nitrogen and oxygen atoms in total. The van der Waals surface area contributed by atoms with Gasteiger partial charge in [0.2, 0.25) is 0 Å². The molecule has 0 bridgehead atoms. The molecular weight excluding hydrogens is 325 g/mol. The SMILES string of the molecule is O=C(O)C1C2CCCC2CN1Cc1ccc(Br)cc1F. The van der Waals surface area contributed by atoms with Crippen LogP contribution in [0, 0.1) is 17.7 Å². The molecule has 1 saturated heterocycles. The van der Waals surface area contributed by atoms with Crippen LogP contribution in [0.25, 0.3) is 0 Å². The summed E-state index contributed by atoms with van der Waals surface area (Å²) in [6.07, 6.45) is 3.22. The van der Waals surface area contributed by atoms with Gasteiger partial charge in [-0.05, 0) is 36.8 Å². The quantitative estimate of drug-likeness (QED) is 0.917. The zero-order valence-electron chi connectivity index (χ0n) is 11.1. The third-order valence-electron chi connectivity index (χ3n) is 4.63. The van der Waals surface area contributed by atoms with Crippen molar-refractivity contribution in [2.24, 2.45) is 11.8 Å². The molecule has 1 aromatic rings. The summed E-state index contributed by atoms with van der Waals surface area (Å²) in [5, 5.41) is 9.48. The van der Waals surface area contributed by atoms with E-state index in [1.807, 2.05) is 4.90 Å². The zero-order chi connectivity index (χ0) is 14.3. The maximum absolute atomic E-state index is 13.9. The third-order valence-corrected chi connectivity index (χ3v) is 5.12. The Bertz CT molecular complexity index is 537. The molecule has 5 heteroatoms. The van der Waals surface area contributed by atoms with Crippen molar-refractivity contribution in [3.05, 3.63) is 34.1 Å². The molecule has 3 atom stereocenters. The van der Waals surface area contributed by atoms with E-state index in [4.69, 9.17) is 0 Å². The number of hydrogen-bond acceptors (Lipinski definition) is 2. The van der Waals surface area contributed by atoms with E-state index in [1.165, 1.54) is 6.07 Å². The van der Waals surface area contributed by atoms with Gasteiger partial charge in [-0.2, -0.15) is 0 Å². The highest BCUT2D eigenvalue weighted by molar-refractivity contribution is 9.10. The topological polar surface area (TPSA) is 40.5 Å². The Balaban J connectivity index is 1.81. The van der Waals surface area contributed by atoms with E-state index in [0.29, 0.717) is 22.5 Å². The molecule has 108 valence electrons. The minimum atomic E-state index is -0.767. The van der Waals surface area contributed by atoms with Crippen LogP contribution in [0.1, 0.15) is 24.8 Å². The molecule has 0 radical (unpaired) electrons. The van der Waals surface area contributed by atoms with Crippen molar-refractivity contribution in [3.8, 4) is 0 Å². The van der Waals surface area contributed by atoms with E-state index < -0.39 is 12.0 Å². The standard InChI is InChI=1S/C15H17BrFNO2/c16-11-5-4-10(13(17)6-11)8-18-7-9-2-1-3-12(9)14(18)15(19)20/h4-6,9,12,14H,1-3,7-8H2,(H,19,20). The molecule has 3 rings (SSSR count). The molecule has 1 aliphatic heterocycles. The van der Waals surface area contributed by atoms with E-state index in [2.05, 4.69) is 15.9 Å². The van der Waals surface area contributed by atoms with Crippen LogP contribution in [0.5, 0.6) is 0 Å². The molecule has 1 N–H and O–H groups in total. The Morgan fingerprint density at radius 1 is 1.45 bits per heavy atom. The number of carbonyl (C=O) groups is 1. The molecule has 1 aromatic carbocycles. The minimum absolute atomic E-state index is 0.242. The minimum Gasteiger partial charge on any atom is -0.480 e. The van der Waals surface area contributed by atoms with Gasteiger partial charge in [0.25, 0.3) is 0 Å². The largest absolute Gasteiger partial charge is 0.480 e. The van der Waals surface area contributed by atoms with Crippen LogP contribution in [0.15, 0.2) is 22.7 Å². The van der Waals surface area contributed by atoms with Gasteiger partial charge in [-0.3, -0.25) is 9.69 Å². The maximum atomic E-state index is 13.9. The van der Waals surface area contributed by atoms with Crippen molar-refractivity contribution >= 4 is 21.9 Å². The van der Waals surface area contributed by atoms with E-state index in [9.17, 15) is 14.3 Å². The molecule has 3 unspecified atom stereocenters. The molecule has 1 aliphatic carbocycles. The van der Waals surface area contributed by atoms with Crippen LogP contribution in [0.3, 0.4) is 0 Å². The lowest BCUT2D eigenvalue weighted by Crippen LogP contribution is -2.39. The van der Waals surface area contributed by atoms with Crippen molar-refractivity contribution in [1.82, 2.24) is 4.90 Å². The number of halogens is 2. The fourth-order valence-corrected chi connectivity index (χ4v) is 4.10. The second kappa shape index (κ2) is 5.45. The summed E-state index contributed by atoms with van der Waals surface area (Å²) in [5.74, 6) is -0.335. The summed E-state index contributed by atoms with van der Waals surface area (Å²) >= 11 is 3.24. The molecule has 2 aliphatic rings. The molecule has 0 spiro atoms. The Morgan fingerprint density at radius 2 is 2.25 bits per heavy atom. The van der Waals surface area contributed by atoms with Gasteiger partial charge in [0.05, 0.1) is 0 Å². The van der Waals surface area contributed by atoms with Crippen LogP contribution in [0.2, 0.25) is 0 Å². The number of rotatable bonds is 3. The van der Waals surface area contributed by atoms with E-state index in [1.54, 1.807) is 12.1 Å². The fourth-order valence-electron chi connectivity index (χ4n) is 3.76.